The number of halogens is 3. The van der Waals surface area contributed by atoms with Crippen molar-refractivity contribution in [3.05, 3.63) is 29.3 Å². The van der Waals surface area contributed by atoms with Gasteiger partial charge in [-0.1, -0.05) is 6.92 Å². The van der Waals surface area contributed by atoms with Gasteiger partial charge in [-0.05, 0) is 42.6 Å². The molecule has 0 fully saturated rings. The third kappa shape index (κ3) is 3.38. The molecule has 0 aliphatic carbocycles. The molecule has 0 saturated carbocycles. The van der Waals surface area contributed by atoms with Gasteiger partial charge in [0.25, 0.3) is 0 Å². The quantitative estimate of drug-likeness (QED) is 0.900. The molecule has 1 unspecified atom stereocenters. The van der Waals surface area contributed by atoms with Crippen molar-refractivity contribution in [2.75, 3.05) is 25.5 Å². The fourth-order valence-corrected chi connectivity index (χ4v) is 1.94. The Morgan fingerprint density at radius 1 is 1.28 bits per heavy atom. The molecule has 0 heterocycles. The monoisotopic (exact) mass is 260 g/mol. The van der Waals surface area contributed by atoms with Crippen LogP contribution in [0.4, 0.5) is 18.9 Å². The highest BCUT2D eigenvalue weighted by molar-refractivity contribution is 5.55. The minimum Gasteiger partial charge on any atom is -0.377 e. The van der Waals surface area contributed by atoms with E-state index in [4.69, 9.17) is 5.73 Å². The maximum Gasteiger partial charge on any atom is 0.416 e. The van der Waals surface area contributed by atoms with Crippen LogP contribution in [0.2, 0.25) is 0 Å². The highest BCUT2D eigenvalue weighted by Crippen LogP contribution is 2.36. The van der Waals surface area contributed by atoms with Gasteiger partial charge >= 0.3 is 6.18 Å². The lowest BCUT2D eigenvalue weighted by Crippen LogP contribution is -2.15. The lowest BCUT2D eigenvalue weighted by Gasteiger charge is -2.23. The van der Waals surface area contributed by atoms with Crippen molar-refractivity contribution in [1.82, 2.24) is 0 Å². The molecule has 18 heavy (non-hydrogen) atoms. The van der Waals surface area contributed by atoms with Crippen molar-refractivity contribution in [1.29, 1.82) is 0 Å². The molecule has 0 bridgehead atoms. The van der Waals surface area contributed by atoms with Gasteiger partial charge in [0.2, 0.25) is 0 Å². The third-order valence-electron chi connectivity index (χ3n) is 2.97. The molecule has 0 saturated heterocycles. The third-order valence-corrected chi connectivity index (χ3v) is 2.97. The van der Waals surface area contributed by atoms with E-state index in [1.54, 1.807) is 0 Å². The largest absolute Gasteiger partial charge is 0.416 e. The van der Waals surface area contributed by atoms with Crippen LogP contribution in [-0.2, 0) is 6.18 Å². The average molecular weight is 260 g/mol. The van der Waals surface area contributed by atoms with Gasteiger partial charge in [0.15, 0.2) is 0 Å². The molecule has 2 nitrogen and oxygen atoms in total. The van der Waals surface area contributed by atoms with E-state index in [9.17, 15) is 13.2 Å². The van der Waals surface area contributed by atoms with Crippen LogP contribution >= 0.6 is 0 Å². The van der Waals surface area contributed by atoms with E-state index < -0.39 is 11.7 Å². The Balaban J connectivity index is 3.24. The van der Waals surface area contributed by atoms with Gasteiger partial charge in [-0.2, -0.15) is 13.2 Å². The second-order valence-electron chi connectivity index (χ2n) is 4.64. The van der Waals surface area contributed by atoms with Crippen LogP contribution in [0.3, 0.4) is 0 Å². The van der Waals surface area contributed by atoms with Gasteiger partial charge in [-0.3, -0.25) is 0 Å². The predicted molar refractivity (Wildman–Crippen MR) is 67.9 cm³/mol. The number of alkyl halides is 3. The zero-order valence-electron chi connectivity index (χ0n) is 10.9. The second-order valence-corrected chi connectivity index (χ2v) is 4.64. The summed E-state index contributed by atoms with van der Waals surface area (Å²) in [5, 5.41) is 0. The van der Waals surface area contributed by atoms with Gasteiger partial charge < -0.3 is 10.6 Å². The van der Waals surface area contributed by atoms with Crippen molar-refractivity contribution >= 4 is 5.69 Å². The Bertz CT molecular complexity index is 400. The zero-order chi connectivity index (χ0) is 13.9. The summed E-state index contributed by atoms with van der Waals surface area (Å²) < 4.78 is 38.1. The molecule has 0 spiro atoms. The topological polar surface area (TPSA) is 29.3 Å². The Morgan fingerprint density at radius 2 is 1.89 bits per heavy atom. The molecule has 0 amide bonds. The molecule has 1 aromatic rings. The first-order chi connectivity index (χ1) is 8.27. The van der Waals surface area contributed by atoms with E-state index >= 15 is 0 Å². The summed E-state index contributed by atoms with van der Waals surface area (Å²) in [5.74, 6) is 0.00898. The molecular weight excluding hydrogens is 241 g/mol. The highest BCUT2D eigenvalue weighted by Gasteiger charge is 2.31. The minimum absolute atomic E-state index is 0.00898. The van der Waals surface area contributed by atoms with Gasteiger partial charge in [0.05, 0.1) is 5.56 Å². The fourth-order valence-electron chi connectivity index (χ4n) is 1.94. The van der Waals surface area contributed by atoms with Gasteiger partial charge in [0.1, 0.15) is 0 Å². The number of nitrogens with two attached hydrogens (primary N) is 1. The summed E-state index contributed by atoms with van der Waals surface area (Å²) in [7, 11) is 3.64. The standard InChI is InChI=1S/C13H19F3N2/c1-9(6-7-17)11-8-10(13(14,15)16)4-5-12(11)18(2)3/h4-5,8-9H,6-7,17H2,1-3H3. The smallest absolute Gasteiger partial charge is 0.377 e. The van der Waals surface area contributed by atoms with Crippen LogP contribution in [0.5, 0.6) is 0 Å². The van der Waals surface area contributed by atoms with Crippen LogP contribution in [0.1, 0.15) is 30.4 Å². The van der Waals surface area contributed by atoms with E-state index in [2.05, 4.69) is 0 Å². The van der Waals surface area contributed by atoms with Gasteiger partial charge in [-0.25, -0.2) is 0 Å². The lowest BCUT2D eigenvalue weighted by atomic mass is 9.93. The molecule has 1 aromatic carbocycles. The summed E-state index contributed by atoms with van der Waals surface area (Å²) >= 11 is 0. The molecule has 2 N–H and O–H groups in total. The summed E-state index contributed by atoms with van der Waals surface area (Å²) in [4.78, 5) is 1.82. The molecule has 0 aromatic heterocycles. The molecule has 0 radical (unpaired) electrons. The zero-order valence-corrected chi connectivity index (χ0v) is 10.9. The molecule has 1 atom stereocenters. The van der Waals surface area contributed by atoms with Crippen molar-refractivity contribution in [3.63, 3.8) is 0 Å². The predicted octanol–water partition coefficient (Wildman–Crippen LogP) is 3.22. The number of hydrogen-bond acceptors (Lipinski definition) is 2. The summed E-state index contributed by atoms with van der Waals surface area (Å²) in [6.07, 6.45) is -3.63. The van der Waals surface area contributed by atoms with Crippen LogP contribution in [-0.4, -0.2) is 20.6 Å². The summed E-state index contributed by atoms with van der Waals surface area (Å²) in [6, 6.07) is 3.87. The van der Waals surface area contributed by atoms with Crippen molar-refractivity contribution in [2.24, 2.45) is 5.73 Å². The van der Waals surface area contributed by atoms with Crippen LogP contribution in [0.25, 0.3) is 0 Å². The summed E-state index contributed by atoms with van der Waals surface area (Å²) in [5.41, 5.74) is 6.38. The lowest BCUT2D eigenvalue weighted by molar-refractivity contribution is -0.137. The summed E-state index contributed by atoms with van der Waals surface area (Å²) in [6.45, 7) is 2.36. The highest BCUT2D eigenvalue weighted by atomic mass is 19.4. The number of rotatable bonds is 4. The minimum atomic E-state index is -4.30. The first kappa shape index (κ1) is 14.8. The number of benzene rings is 1. The Labute approximate surface area is 106 Å². The van der Waals surface area contributed by atoms with Gasteiger partial charge in [-0.15, -0.1) is 0 Å². The SMILES string of the molecule is CC(CCN)c1cc(C(F)(F)F)ccc1N(C)C. The average Bonchev–Trinajstić information content (AvgIpc) is 2.27. The van der Waals surface area contributed by atoms with E-state index in [1.165, 1.54) is 12.1 Å². The van der Waals surface area contributed by atoms with E-state index in [1.807, 2.05) is 25.9 Å². The first-order valence-corrected chi connectivity index (χ1v) is 5.86. The van der Waals surface area contributed by atoms with Gasteiger partial charge in [0, 0.05) is 19.8 Å². The van der Waals surface area contributed by atoms with Crippen molar-refractivity contribution < 1.29 is 13.2 Å². The van der Waals surface area contributed by atoms with E-state index in [0.717, 1.165) is 11.8 Å². The van der Waals surface area contributed by atoms with Crippen LogP contribution in [0, 0.1) is 0 Å². The van der Waals surface area contributed by atoms with Crippen molar-refractivity contribution in [3.8, 4) is 0 Å². The maximum atomic E-state index is 12.7. The van der Waals surface area contributed by atoms with E-state index in [-0.39, 0.29) is 5.92 Å². The van der Waals surface area contributed by atoms with E-state index in [0.29, 0.717) is 18.5 Å². The normalized spacial score (nSPS) is 13.5. The molecule has 0 aliphatic rings. The maximum absolute atomic E-state index is 12.7. The Morgan fingerprint density at radius 3 is 2.33 bits per heavy atom. The Hall–Kier alpha value is -1.23. The van der Waals surface area contributed by atoms with Crippen molar-refractivity contribution in [2.45, 2.75) is 25.4 Å². The van der Waals surface area contributed by atoms with Crippen LogP contribution in [0.15, 0.2) is 18.2 Å². The molecule has 1 rings (SSSR count). The number of anilines is 1. The molecule has 102 valence electrons. The van der Waals surface area contributed by atoms with Crippen LogP contribution < -0.4 is 10.6 Å². The molecular formula is C13H19F3N2. The second kappa shape index (κ2) is 5.61. The first-order valence-electron chi connectivity index (χ1n) is 5.86. The molecule has 5 heteroatoms. The molecule has 0 aliphatic heterocycles. The Kier molecular flexibility index (Phi) is 4.62. The fraction of sp³-hybridized carbons (Fsp3) is 0.538. The number of hydrogen-bond donors (Lipinski definition) is 1. The number of nitrogens with zero attached hydrogens (tertiary/aromatic N) is 1.